The zero-order valence-corrected chi connectivity index (χ0v) is 27.5. The van der Waals surface area contributed by atoms with E-state index in [2.05, 4.69) is 10.6 Å². The molecule has 4 rings (SSSR count). The van der Waals surface area contributed by atoms with E-state index < -0.39 is 45.8 Å². The normalized spacial score (nSPS) is 17.0. The number of aliphatic hydroxyl groups is 1. The van der Waals surface area contributed by atoms with Crippen molar-refractivity contribution in [2.24, 2.45) is 7.05 Å². The van der Waals surface area contributed by atoms with E-state index in [1.54, 1.807) is 43.3 Å². The third-order valence-electron chi connectivity index (χ3n) is 8.05. The quantitative estimate of drug-likeness (QED) is 0.259. The molecule has 3 aromatic rings. The summed E-state index contributed by atoms with van der Waals surface area (Å²) in [6.07, 6.45) is 1.68. The highest BCUT2D eigenvalue weighted by molar-refractivity contribution is 7.89. The number of amides is 2. The van der Waals surface area contributed by atoms with Crippen LogP contribution >= 0.6 is 0 Å². The molecule has 2 amide bonds. The predicted molar refractivity (Wildman–Crippen MR) is 171 cm³/mol. The first-order chi connectivity index (χ1) is 21.8. The molecule has 1 aliphatic heterocycles. The van der Waals surface area contributed by atoms with Crippen LogP contribution in [0.15, 0.2) is 59.8 Å². The molecular formula is C33H43F2N5O5S. The van der Waals surface area contributed by atoms with E-state index >= 15 is 0 Å². The molecule has 250 valence electrons. The molecule has 0 bridgehead atoms. The van der Waals surface area contributed by atoms with Crippen LogP contribution in [0.2, 0.25) is 0 Å². The molecule has 2 aromatic carbocycles. The first kappa shape index (κ1) is 35.2. The van der Waals surface area contributed by atoms with Crippen LogP contribution in [0.3, 0.4) is 0 Å². The van der Waals surface area contributed by atoms with Gasteiger partial charge in [0.25, 0.3) is 21.8 Å². The van der Waals surface area contributed by atoms with E-state index in [0.29, 0.717) is 24.2 Å². The number of sulfonamides is 1. The second-order valence-electron chi connectivity index (χ2n) is 11.8. The minimum Gasteiger partial charge on any atom is -0.389 e. The van der Waals surface area contributed by atoms with Crippen molar-refractivity contribution in [3.63, 3.8) is 0 Å². The molecule has 0 aliphatic carbocycles. The fraction of sp³-hybridized carbons (Fsp3) is 0.455. The molecule has 0 spiro atoms. The van der Waals surface area contributed by atoms with Gasteiger partial charge in [-0.25, -0.2) is 17.2 Å². The van der Waals surface area contributed by atoms with Crippen LogP contribution in [0.4, 0.5) is 8.78 Å². The standard InChI is InChI=1S/C33H43F2N5O5S/c1-5-10-39(11-6-2)33(43)25-15-22(3)14-24(19-25)32(42)37-28(18-23-16-26(34)20-27(35)17-23)31(41)29-21-40(13-9-36-29)46(44,45)30-8-7-12-38(30)4/h7-8,12,14-17,19-20,28-29,31,36,41H,5-6,9-11,13,18,21H2,1-4H3,(H,37,42)/t28-,29+,31-/m0/s1. The Morgan fingerprint density at radius 2 is 1.72 bits per heavy atom. The minimum atomic E-state index is -3.89. The van der Waals surface area contributed by atoms with Gasteiger partial charge in [-0.3, -0.25) is 9.59 Å². The number of carbonyl (C=O) groups excluding carboxylic acids is 2. The van der Waals surface area contributed by atoms with Crippen LogP contribution in [0.25, 0.3) is 0 Å². The fourth-order valence-corrected chi connectivity index (χ4v) is 7.52. The average Bonchev–Trinajstić information content (AvgIpc) is 3.45. The zero-order chi connectivity index (χ0) is 33.6. The maximum atomic E-state index is 14.1. The lowest BCUT2D eigenvalue weighted by molar-refractivity contribution is 0.0599. The minimum absolute atomic E-state index is 0.101. The summed E-state index contributed by atoms with van der Waals surface area (Å²) in [5, 5.41) is 17.7. The van der Waals surface area contributed by atoms with Crippen molar-refractivity contribution < 1.29 is 31.9 Å². The van der Waals surface area contributed by atoms with Gasteiger partial charge < -0.3 is 25.2 Å². The molecule has 3 N–H and O–H groups in total. The van der Waals surface area contributed by atoms with Crippen molar-refractivity contribution in [1.29, 1.82) is 0 Å². The van der Waals surface area contributed by atoms with Gasteiger partial charge in [0.2, 0.25) is 0 Å². The third kappa shape index (κ3) is 8.38. The number of hydrogen-bond donors (Lipinski definition) is 3. The Labute approximate surface area is 269 Å². The lowest BCUT2D eigenvalue weighted by Gasteiger charge is -2.38. The Kier molecular flexibility index (Phi) is 11.7. The predicted octanol–water partition coefficient (Wildman–Crippen LogP) is 3.24. The highest BCUT2D eigenvalue weighted by Gasteiger charge is 2.37. The van der Waals surface area contributed by atoms with Crippen LogP contribution < -0.4 is 10.6 Å². The molecule has 3 atom stereocenters. The summed E-state index contributed by atoms with van der Waals surface area (Å²) in [4.78, 5) is 28.8. The topological polar surface area (TPSA) is 124 Å². The Hall–Kier alpha value is -3.65. The van der Waals surface area contributed by atoms with Crippen molar-refractivity contribution in [2.45, 2.75) is 63.2 Å². The Morgan fingerprint density at radius 3 is 2.33 bits per heavy atom. The molecule has 0 radical (unpaired) electrons. The molecule has 1 fully saturated rings. The van der Waals surface area contributed by atoms with Gasteiger partial charge in [0.05, 0.1) is 12.1 Å². The number of aryl methyl sites for hydroxylation is 2. The lowest BCUT2D eigenvalue weighted by Crippen LogP contribution is -2.62. The number of aliphatic hydroxyl groups excluding tert-OH is 1. The van der Waals surface area contributed by atoms with E-state index in [4.69, 9.17) is 0 Å². The van der Waals surface area contributed by atoms with Gasteiger partial charge in [0, 0.05) is 69.2 Å². The van der Waals surface area contributed by atoms with Crippen molar-refractivity contribution in [1.82, 2.24) is 24.4 Å². The van der Waals surface area contributed by atoms with Gasteiger partial charge in [-0.15, -0.1) is 0 Å². The SMILES string of the molecule is CCCN(CCC)C(=O)c1cc(C)cc(C(=O)N[C@@H](Cc2cc(F)cc(F)c2)[C@H](O)[C@H]2CN(S(=O)(=O)c3cccn3C)CCN2)c1. The first-order valence-electron chi connectivity index (χ1n) is 15.5. The molecule has 46 heavy (non-hydrogen) atoms. The van der Waals surface area contributed by atoms with Crippen molar-refractivity contribution in [3.05, 3.63) is 88.6 Å². The zero-order valence-electron chi connectivity index (χ0n) is 26.7. The summed E-state index contributed by atoms with van der Waals surface area (Å²) in [7, 11) is -2.26. The summed E-state index contributed by atoms with van der Waals surface area (Å²) in [5.74, 6) is -2.41. The molecule has 10 nitrogen and oxygen atoms in total. The molecular weight excluding hydrogens is 616 g/mol. The van der Waals surface area contributed by atoms with Crippen LogP contribution in [0.1, 0.15) is 58.5 Å². The van der Waals surface area contributed by atoms with Gasteiger partial charge in [0.1, 0.15) is 16.7 Å². The largest absolute Gasteiger partial charge is 0.389 e. The fourth-order valence-electron chi connectivity index (χ4n) is 5.89. The maximum absolute atomic E-state index is 14.1. The van der Waals surface area contributed by atoms with Crippen molar-refractivity contribution in [3.8, 4) is 0 Å². The van der Waals surface area contributed by atoms with Gasteiger partial charge in [-0.05, 0) is 79.8 Å². The monoisotopic (exact) mass is 659 g/mol. The Balaban J connectivity index is 1.62. The smallest absolute Gasteiger partial charge is 0.258 e. The first-order valence-corrected chi connectivity index (χ1v) is 17.0. The second kappa shape index (κ2) is 15.3. The molecule has 1 saturated heterocycles. The van der Waals surface area contributed by atoms with Gasteiger partial charge >= 0.3 is 0 Å². The number of nitrogens with zero attached hydrogens (tertiary/aromatic N) is 3. The van der Waals surface area contributed by atoms with Gasteiger partial charge in [-0.2, -0.15) is 4.31 Å². The summed E-state index contributed by atoms with van der Waals surface area (Å²) in [5.41, 5.74) is 1.42. The van der Waals surface area contributed by atoms with Crippen LogP contribution in [-0.4, -0.2) is 90.0 Å². The highest BCUT2D eigenvalue weighted by atomic mass is 32.2. The Morgan fingerprint density at radius 1 is 1.07 bits per heavy atom. The van der Waals surface area contributed by atoms with E-state index in [9.17, 15) is 31.9 Å². The van der Waals surface area contributed by atoms with Crippen molar-refractivity contribution >= 4 is 21.8 Å². The maximum Gasteiger partial charge on any atom is 0.258 e. The third-order valence-corrected chi connectivity index (χ3v) is 10.0. The molecule has 0 unspecified atom stereocenters. The van der Waals surface area contributed by atoms with E-state index in [1.165, 1.54) is 21.0 Å². The number of nitrogens with one attached hydrogen (secondary N) is 2. The van der Waals surface area contributed by atoms with Crippen LogP contribution in [0.5, 0.6) is 0 Å². The summed E-state index contributed by atoms with van der Waals surface area (Å²) in [6.45, 7) is 7.18. The number of aromatic nitrogens is 1. The second-order valence-corrected chi connectivity index (χ2v) is 13.7. The highest BCUT2D eigenvalue weighted by Crippen LogP contribution is 2.21. The lowest BCUT2D eigenvalue weighted by atomic mass is 9.94. The van der Waals surface area contributed by atoms with E-state index in [0.717, 1.165) is 31.0 Å². The number of carbonyl (C=O) groups is 2. The molecule has 1 aromatic heterocycles. The Bertz CT molecular complexity index is 1620. The molecule has 13 heteroatoms. The number of piperazine rings is 1. The molecule has 0 saturated carbocycles. The molecule has 1 aliphatic rings. The van der Waals surface area contributed by atoms with Gasteiger partial charge in [0.15, 0.2) is 0 Å². The van der Waals surface area contributed by atoms with E-state index in [-0.39, 0.29) is 48.1 Å². The number of hydrogen-bond acceptors (Lipinski definition) is 6. The number of rotatable bonds is 13. The summed E-state index contributed by atoms with van der Waals surface area (Å²) in [6, 6.07) is 9.02. The number of benzene rings is 2. The van der Waals surface area contributed by atoms with Gasteiger partial charge in [-0.1, -0.05) is 13.8 Å². The molecule has 2 heterocycles. The summed E-state index contributed by atoms with van der Waals surface area (Å²) < 4.78 is 57.8. The van der Waals surface area contributed by atoms with E-state index in [1.807, 2.05) is 13.8 Å². The average molecular weight is 660 g/mol. The van der Waals surface area contributed by atoms with Crippen LogP contribution in [0, 0.1) is 18.6 Å². The number of halogens is 2. The van der Waals surface area contributed by atoms with Crippen molar-refractivity contribution in [2.75, 3.05) is 32.7 Å². The van der Waals surface area contributed by atoms with Crippen LogP contribution in [-0.2, 0) is 23.5 Å². The summed E-state index contributed by atoms with van der Waals surface area (Å²) >= 11 is 0.